The van der Waals surface area contributed by atoms with E-state index in [1.165, 1.54) is 38.5 Å². The van der Waals surface area contributed by atoms with E-state index < -0.39 is 0 Å². The van der Waals surface area contributed by atoms with Crippen molar-refractivity contribution in [2.75, 3.05) is 0 Å². The Hall–Kier alpha value is 0.557. The number of hydrogen-bond acceptors (Lipinski definition) is 1. The van der Waals surface area contributed by atoms with Gasteiger partial charge in [-0.05, 0) is 13.3 Å². The Bertz CT molecular complexity index is 79.3. The molecule has 0 aromatic carbocycles. The van der Waals surface area contributed by atoms with Crippen molar-refractivity contribution >= 4 is 0 Å². The zero-order valence-electron chi connectivity index (χ0n) is 9.97. The summed E-state index contributed by atoms with van der Waals surface area (Å²) in [4.78, 5) is 0. The molecule has 0 bridgehead atoms. The van der Waals surface area contributed by atoms with Gasteiger partial charge < -0.3 is 6.53 Å². The van der Waals surface area contributed by atoms with E-state index in [1.807, 2.05) is 6.92 Å². The van der Waals surface area contributed by atoms with Crippen molar-refractivity contribution in [3.05, 3.63) is 0 Å². The molecule has 1 nitrogen and oxygen atoms in total. The van der Waals surface area contributed by atoms with E-state index in [0.717, 1.165) is 6.42 Å². The van der Waals surface area contributed by atoms with Crippen LogP contribution in [0.1, 0.15) is 60.2 Å². The van der Waals surface area contributed by atoms with Crippen molar-refractivity contribution < 1.29 is 25.4 Å². The molecule has 0 radical (unpaired) electrons. The van der Waals surface area contributed by atoms with Crippen LogP contribution in [0.3, 0.4) is 0 Å². The van der Waals surface area contributed by atoms with Gasteiger partial charge in [0.15, 0.2) is 0 Å². The topological polar surface area (TPSA) is 20.2 Å². The Kier molecular flexibility index (Phi) is 14.5. The van der Waals surface area contributed by atoms with E-state index in [9.17, 15) is 0 Å². The molecule has 1 N–H and O–H groups in total. The van der Waals surface area contributed by atoms with E-state index in [-0.39, 0.29) is 26.4 Å². The van der Waals surface area contributed by atoms with Crippen LogP contribution in [0.5, 0.6) is 0 Å². The second-order valence-electron chi connectivity index (χ2n) is 3.41. The van der Waals surface area contributed by atoms with Gasteiger partial charge >= 0.3 is 18.9 Å². The second-order valence-corrected chi connectivity index (χ2v) is 3.41. The summed E-state index contributed by atoms with van der Waals surface area (Å²) in [5.41, 5.74) is 0. The van der Waals surface area contributed by atoms with Crippen molar-refractivity contribution in [2.24, 2.45) is 0 Å². The van der Waals surface area contributed by atoms with Crippen molar-refractivity contribution in [3.8, 4) is 0 Å². The van der Waals surface area contributed by atoms with Gasteiger partial charge in [-0.15, -0.1) is 0 Å². The Labute approximate surface area is 90.6 Å². The van der Waals surface area contributed by atoms with Crippen LogP contribution in [0.15, 0.2) is 0 Å². The molecule has 12 heavy (non-hydrogen) atoms. The molecular formula is C10H23LiO. The molecule has 70 valence electrons. The standard InChI is InChI=1S/C10H22O.Li.H/c1-3-4-5-6-7-8-9-10(2)11;;/h10-11H,3-9H2,1-2H3;;/q;+1;-1. The van der Waals surface area contributed by atoms with Crippen molar-refractivity contribution in [1.29, 1.82) is 0 Å². The Balaban J connectivity index is -0.000000500. The smallest absolute Gasteiger partial charge is 1.00 e. The minimum Gasteiger partial charge on any atom is -1.00 e. The van der Waals surface area contributed by atoms with Crippen LogP contribution in [0, 0.1) is 0 Å². The number of aliphatic hydroxyl groups is 1. The summed E-state index contributed by atoms with van der Waals surface area (Å²) in [6, 6.07) is 0. The molecule has 1 atom stereocenters. The van der Waals surface area contributed by atoms with Gasteiger partial charge in [0.25, 0.3) is 0 Å². The van der Waals surface area contributed by atoms with Gasteiger partial charge in [0, 0.05) is 0 Å². The van der Waals surface area contributed by atoms with Gasteiger partial charge in [0.2, 0.25) is 0 Å². The molecule has 0 spiro atoms. The van der Waals surface area contributed by atoms with Gasteiger partial charge in [-0.2, -0.15) is 0 Å². The molecule has 0 heterocycles. The van der Waals surface area contributed by atoms with Crippen LogP contribution in [0.2, 0.25) is 0 Å². The molecule has 0 aliphatic carbocycles. The van der Waals surface area contributed by atoms with E-state index in [2.05, 4.69) is 6.92 Å². The fourth-order valence-corrected chi connectivity index (χ4v) is 1.22. The van der Waals surface area contributed by atoms with Crippen LogP contribution in [-0.4, -0.2) is 11.2 Å². The Morgan fingerprint density at radius 3 is 2.08 bits per heavy atom. The minimum absolute atomic E-state index is 0. The fourth-order valence-electron chi connectivity index (χ4n) is 1.22. The fraction of sp³-hybridized carbons (Fsp3) is 1.00. The third-order valence-corrected chi connectivity index (χ3v) is 1.98. The quantitative estimate of drug-likeness (QED) is 0.424. The molecule has 1 unspecified atom stereocenters. The van der Waals surface area contributed by atoms with Crippen LogP contribution in [-0.2, 0) is 0 Å². The van der Waals surface area contributed by atoms with E-state index >= 15 is 0 Å². The van der Waals surface area contributed by atoms with E-state index in [0.29, 0.717) is 0 Å². The normalized spacial score (nSPS) is 12.2. The van der Waals surface area contributed by atoms with Gasteiger partial charge in [0.05, 0.1) is 6.10 Å². The third kappa shape index (κ3) is 13.2. The SMILES string of the molecule is CCCCCCCCC(C)O.[H-].[Li+]. The van der Waals surface area contributed by atoms with E-state index in [1.54, 1.807) is 0 Å². The van der Waals surface area contributed by atoms with Gasteiger partial charge in [0.1, 0.15) is 0 Å². The first kappa shape index (κ1) is 15.0. The van der Waals surface area contributed by atoms with E-state index in [4.69, 9.17) is 5.11 Å². The zero-order chi connectivity index (χ0) is 8.53. The summed E-state index contributed by atoms with van der Waals surface area (Å²) in [6.45, 7) is 4.10. The Morgan fingerprint density at radius 1 is 1.08 bits per heavy atom. The van der Waals surface area contributed by atoms with Crippen LogP contribution in [0.4, 0.5) is 0 Å². The number of hydrogen-bond donors (Lipinski definition) is 1. The summed E-state index contributed by atoms with van der Waals surface area (Å²) in [5.74, 6) is 0. The molecule has 0 aromatic heterocycles. The predicted molar refractivity (Wildman–Crippen MR) is 50.8 cm³/mol. The summed E-state index contributed by atoms with van der Waals surface area (Å²) in [6.07, 6.45) is 8.78. The molecule has 0 saturated carbocycles. The molecule has 0 rings (SSSR count). The van der Waals surface area contributed by atoms with Crippen LogP contribution in [0.25, 0.3) is 0 Å². The maximum Gasteiger partial charge on any atom is 1.00 e. The van der Waals surface area contributed by atoms with Crippen molar-refractivity contribution in [1.82, 2.24) is 0 Å². The first-order valence-electron chi connectivity index (χ1n) is 4.95. The first-order chi connectivity index (χ1) is 5.27. The predicted octanol–water partition coefficient (Wildman–Crippen LogP) is 0.234. The zero-order valence-corrected chi connectivity index (χ0v) is 8.97. The van der Waals surface area contributed by atoms with Crippen LogP contribution >= 0.6 is 0 Å². The summed E-state index contributed by atoms with van der Waals surface area (Å²) >= 11 is 0. The number of unbranched alkanes of at least 4 members (excludes halogenated alkanes) is 5. The molecule has 2 heteroatoms. The minimum atomic E-state index is -0.0961. The first-order valence-corrected chi connectivity index (χ1v) is 4.95. The van der Waals surface area contributed by atoms with Crippen molar-refractivity contribution in [2.45, 2.75) is 64.9 Å². The maximum atomic E-state index is 8.96. The van der Waals surface area contributed by atoms with Crippen molar-refractivity contribution in [3.63, 3.8) is 0 Å². The van der Waals surface area contributed by atoms with Gasteiger partial charge in [-0.25, -0.2) is 0 Å². The monoisotopic (exact) mass is 166 g/mol. The maximum absolute atomic E-state index is 8.96. The molecule has 0 fully saturated rings. The summed E-state index contributed by atoms with van der Waals surface area (Å²) < 4.78 is 0. The van der Waals surface area contributed by atoms with Gasteiger partial charge in [-0.3, -0.25) is 0 Å². The molecule has 0 aromatic rings. The molecule has 0 saturated heterocycles. The van der Waals surface area contributed by atoms with Crippen LogP contribution < -0.4 is 18.9 Å². The molecular weight excluding hydrogens is 143 g/mol. The third-order valence-electron chi connectivity index (χ3n) is 1.98. The average molecular weight is 166 g/mol. The largest absolute Gasteiger partial charge is 1.00 e. The number of aliphatic hydroxyl groups excluding tert-OH is 1. The number of rotatable bonds is 7. The second kappa shape index (κ2) is 11.6. The van der Waals surface area contributed by atoms with Gasteiger partial charge in [-0.1, -0.05) is 45.4 Å². The molecule has 0 amide bonds. The summed E-state index contributed by atoms with van der Waals surface area (Å²) in [5, 5.41) is 8.96. The molecule has 0 aliphatic rings. The average Bonchev–Trinajstić information content (AvgIpc) is 1.96. The molecule has 0 aliphatic heterocycles. The Morgan fingerprint density at radius 2 is 1.58 bits per heavy atom. The summed E-state index contributed by atoms with van der Waals surface area (Å²) in [7, 11) is 0.